The first kappa shape index (κ1) is 17.4. The number of hydrogen-bond donors (Lipinski definition) is 2. The van der Waals surface area contributed by atoms with Crippen LogP contribution in [0.5, 0.6) is 0 Å². The summed E-state index contributed by atoms with van der Waals surface area (Å²) in [6.45, 7) is 0. The molecule has 2 N–H and O–H groups in total. The third-order valence-electron chi connectivity index (χ3n) is 3.29. The highest BCUT2D eigenvalue weighted by Gasteiger charge is 2.08. The van der Waals surface area contributed by atoms with Crippen LogP contribution in [0.25, 0.3) is 0 Å². The Morgan fingerprint density at radius 2 is 1.50 bits per heavy atom. The Kier molecular flexibility index (Phi) is 5.45. The van der Waals surface area contributed by atoms with Crippen LogP contribution in [0.15, 0.2) is 82.7 Å². The molecule has 3 aromatic rings. The van der Waals surface area contributed by atoms with Gasteiger partial charge in [0, 0.05) is 22.3 Å². The normalized spacial score (nSPS) is 10.2. The van der Waals surface area contributed by atoms with E-state index in [0.29, 0.717) is 11.4 Å². The standard InChI is InChI=1S/C18H14N4O3S/c23-18(20-13-4-2-1-3-5-13)21-14-6-8-15(9-7-14)26-16-10-11-17(19-12-16)22(24)25/h1-12H,(H2,20,21,23). The minimum atomic E-state index is -0.532. The molecule has 2 aromatic carbocycles. The third-order valence-corrected chi connectivity index (χ3v) is 4.27. The summed E-state index contributed by atoms with van der Waals surface area (Å²) in [6.07, 6.45) is 1.46. The highest BCUT2D eigenvalue weighted by Crippen LogP contribution is 2.28. The number of nitrogens with zero attached hydrogens (tertiary/aromatic N) is 2. The monoisotopic (exact) mass is 366 g/mol. The maximum atomic E-state index is 12.0. The van der Waals surface area contributed by atoms with Crippen molar-refractivity contribution in [2.75, 3.05) is 10.6 Å². The number of anilines is 2. The molecule has 1 aromatic heterocycles. The van der Waals surface area contributed by atoms with Crippen LogP contribution in [0.2, 0.25) is 0 Å². The predicted octanol–water partition coefficient (Wildman–Crippen LogP) is 4.79. The first-order valence-corrected chi connectivity index (χ1v) is 8.43. The Morgan fingerprint density at radius 1 is 0.885 bits per heavy atom. The van der Waals surface area contributed by atoms with Crippen LogP contribution in [-0.4, -0.2) is 15.9 Å². The van der Waals surface area contributed by atoms with Crippen molar-refractivity contribution in [3.63, 3.8) is 0 Å². The second-order valence-corrected chi connectivity index (χ2v) is 6.33. The number of carbonyl (C=O) groups is 1. The first-order chi connectivity index (χ1) is 12.6. The number of nitro groups is 1. The van der Waals surface area contributed by atoms with Gasteiger partial charge in [-0.15, -0.1) is 0 Å². The quantitative estimate of drug-likeness (QED) is 0.500. The van der Waals surface area contributed by atoms with Crippen LogP contribution in [-0.2, 0) is 0 Å². The Morgan fingerprint density at radius 3 is 2.08 bits per heavy atom. The van der Waals surface area contributed by atoms with E-state index < -0.39 is 4.92 Å². The van der Waals surface area contributed by atoms with Crippen molar-refractivity contribution in [3.05, 3.63) is 83.0 Å². The largest absolute Gasteiger partial charge is 0.363 e. The molecule has 0 aliphatic heterocycles. The molecule has 0 unspecified atom stereocenters. The molecule has 0 aliphatic rings. The lowest BCUT2D eigenvalue weighted by molar-refractivity contribution is -0.389. The van der Waals surface area contributed by atoms with Gasteiger partial charge in [0.05, 0.1) is 4.90 Å². The molecule has 0 bridgehead atoms. The molecular formula is C18H14N4O3S. The second kappa shape index (κ2) is 8.13. The van der Waals surface area contributed by atoms with Gasteiger partial charge < -0.3 is 20.7 Å². The lowest BCUT2D eigenvalue weighted by atomic mass is 10.3. The van der Waals surface area contributed by atoms with Gasteiger partial charge in [0.15, 0.2) is 6.20 Å². The van der Waals surface area contributed by atoms with Gasteiger partial charge in [0.2, 0.25) is 0 Å². The molecule has 8 heteroatoms. The summed E-state index contributed by atoms with van der Waals surface area (Å²) in [7, 11) is 0. The average molecular weight is 366 g/mol. The Bertz CT molecular complexity index is 900. The summed E-state index contributed by atoms with van der Waals surface area (Å²) in [4.78, 5) is 27.5. The lowest BCUT2D eigenvalue weighted by Crippen LogP contribution is -2.19. The van der Waals surface area contributed by atoms with Gasteiger partial charge in [0.1, 0.15) is 0 Å². The molecule has 0 saturated heterocycles. The van der Waals surface area contributed by atoms with Crippen LogP contribution in [0, 0.1) is 10.1 Å². The van der Waals surface area contributed by atoms with Gasteiger partial charge in [-0.3, -0.25) is 0 Å². The van der Waals surface area contributed by atoms with Crippen LogP contribution >= 0.6 is 11.8 Å². The van der Waals surface area contributed by atoms with Crippen molar-refractivity contribution in [2.45, 2.75) is 9.79 Å². The van der Waals surface area contributed by atoms with E-state index in [9.17, 15) is 14.9 Å². The number of pyridine rings is 1. The number of carbonyl (C=O) groups excluding carboxylic acids is 1. The number of nitrogens with one attached hydrogen (secondary N) is 2. The predicted molar refractivity (Wildman–Crippen MR) is 101 cm³/mol. The fourth-order valence-corrected chi connectivity index (χ4v) is 2.88. The Labute approximate surface area is 153 Å². The summed E-state index contributed by atoms with van der Waals surface area (Å²) < 4.78 is 0. The van der Waals surface area contributed by atoms with E-state index in [2.05, 4.69) is 15.6 Å². The zero-order chi connectivity index (χ0) is 18.4. The van der Waals surface area contributed by atoms with Crippen molar-refractivity contribution in [2.24, 2.45) is 0 Å². The summed E-state index contributed by atoms with van der Waals surface area (Å²) in [5.41, 5.74) is 1.37. The van der Waals surface area contributed by atoms with E-state index in [1.54, 1.807) is 30.3 Å². The van der Waals surface area contributed by atoms with E-state index in [4.69, 9.17) is 0 Å². The molecule has 0 radical (unpaired) electrons. The van der Waals surface area contributed by atoms with Crippen LogP contribution in [0.3, 0.4) is 0 Å². The SMILES string of the molecule is O=C(Nc1ccccc1)Nc1ccc(Sc2ccc([N+](=O)[O-])nc2)cc1. The minimum absolute atomic E-state index is 0.182. The second-order valence-electron chi connectivity index (χ2n) is 5.18. The van der Waals surface area contributed by atoms with Crippen LogP contribution in [0.1, 0.15) is 0 Å². The summed E-state index contributed by atoms with van der Waals surface area (Å²) in [6, 6.07) is 19.1. The Hall–Kier alpha value is -3.39. The maximum absolute atomic E-state index is 12.0. The van der Waals surface area contributed by atoms with Gasteiger partial charge in [-0.05, 0) is 52.4 Å². The number of benzene rings is 2. The number of aromatic nitrogens is 1. The van der Waals surface area contributed by atoms with Crippen molar-refractivity contribution in [1.82, 2.24) is 4.98 Å². The average Bonchev–Trinajstić information content (AvgIpc) is 2.64. The summed E-state index contributed by atoms with van der Waals surface area (Å²) >= 11 is 1.42. The summed E-state index contributed by atoms with van der Waals surface area (Å²) in [5, 5.41) is 16.1. The third kappa shape index (κ3) is 4.81. The molecule has 0 spiro atoms. The van der Waals surface area contributed by atoms with Crippen molar-refractivity contribution in [3.8, 4) is 0 Å². The first-order valence-electron chi connectivity index (χ1n) is 7.61. The van der Waals surface area contributed by atoms with Crippen molar-refractivity contribution < 1.29 is 9.72 Å². The van der Waals surface area contributed by atoms with E-state index in [1.165, 1.54) is 24.0 Å². The lowest BCUT2D eigenvalue weighted by Gasteiger charge is -2.08. The molecule has 3 rings (SSSR count). The molecule has 0 fully saturated rings. The minimum Gasteiger partial charge on any atom is -0.358 e. The van der Waals surface area contributed by atoms with Crippen molar-refractivity contribution in [1.29, 1.82) is 0 Å². The molecule has 1 heterocycles. The fourth-order valence-electron chi connectivity index (χ4n) is 2.10. The van der Waals surface area contributed by atoms with Crippen molar-refractivity contribution >= 4 is 35.0 Å². The fraction of sp³-hybridized carbons (Fsp3) is 0. The zero-order valence-electron chi connectivity index (χ0n) is 13.5. The number of para-hydroxylation sites is 1. The van der Waals surface area contributed by atoms with Gasteiger partial charge in [-0.1, -0.05) is 30.0 Å². The van der Waals surface area contributed by atoms with E-state index in [0.717, 1.165) is 9.79 Å². The van der Waals surface area contributed by atoms with E-state index in [-0.39, 0.29) is 11.8 Å². The van der Waals surface area contributed by atoms with Gasteiger partial charge >= 0.3 is 11.8 Å². The highest BCUT2D eigenvalue weighted by molar-refractivity contribution is 7.99. The Balaban J connectivity index is 1.57. The van der Waals surface area contributed by atoms with E-state index in [1.807, 2.05) is 30.3 Å². The van der Waals surface area contributed by atoms with Gasteiger partial charge in [-0.2, -0.15) is 0 Å². The zero-order valence-corrected chi connectivity index (χ0v) is 14.3. The maximum Gasteiger partial charge on any atom is 0.363 e. The molecular weight excluding hydrogens is 352 g/mol. The number of rotatable bonds is 5. The molecule has 130 valence electrons. The number of amides is 2. The smallest absolute Gasteiger partial charge is 0.358 e. The number of hydrogen-bond acceptors (Lipinski definition) is 5. The van der Waals surface area contributed by atoms with Crippen LogP contribution in [0.4, 0.5) is 22.0 Å². The van der Waals surface area contributed by atoms with Gasteiger partial charge in [0.25, 0.3) is 0 Å². The topological polar surface area (TPSA) is 97.2 Å². The molecule has 0 saturated carbocycles. The molecule has 26 heavy (non-hydrogen) atoms. The summed E-state index contributed by atoms with van der Waals surface area (Å²) in [5.74, 6) is -0.182. The number of urea groups is 1. The molecule has 0 aliphatic carbocycles. The molecule has 2 amide bonds. The molecule has 7 nitrogen and oxygen atoms in total. The van der Waals surface area contributed by atoms with Crippen LogP contribution < -0.4 is 10.6 Å². The van der Waals surface area contributed by atoms with Gasteiger partial charge in [-0.25, -0.2) is 4.79 Å². The highest BCUT2D eigenvalue weighted by atomic mass is 32.2. The van der Waals surface area contributed by atoms with E-state index >= 15 is 0 Å². The molecule has 0 atom stereocenters.